The number of nitrogens with zero attached hydrogens (tertiary/aromatic N) is 1. The number of amides is 2. The quantitative estimate of drug-likeness (QED) is 0.157. The lowest BCUT2D eigenvalue weighted by Crippen LogP contribution is -2.61. The van der Waals surface area contributed by atoms with Crippen molar-refractivity contribution < 1.29 is 41.0 Å². The number of alkyl halides is 2. The van der Waals surface area contributed by atoms with Crippen molar-refractivity contribution in [3.05, 3.63) is 96.6 Å². The largest absolute Gasteiger partial charge is 0.490 e. The van der Waals surface area contributed by atoms with E-state index >= 15 is 8.78 Å². The molecule has 10 nitrogen and oxygen atoms in total. The molecule has 2 heterocycles. The maximum atomic E-state index is 16.9. The second-order valence-electron chi connectivity index (χ2n) is 15.8. The molecule has 3 aliphatic rings. The average Bonchev–Trinajstić information content (AvgIpc) is 3.74. The highest BCUT2D eigenvalue weighted by Crippen LogP contribution is 2.41. The standard InChI is InChI=1S/C42H47F2N3O7S/c1-41(2,3)54-40(49)45-30-25-31-17-18-32(26-30)47(31)39(48)38(42(43,44)29-15-20-35(21-16-29)52-33-9-5-4-6-10-33)46-55(50,51)37-22-14-27-23-36(19-13-28(27)24-37)53-34-11-7-8-12-34/h4-6,9-10,13-16,19-24,30-32,34,38,46H,7-8,11-12,17-18,25-26H2,1-3H3,(H,45,49). The molecule has 2 N–H and O–H groups in total. The molecule has 4 aromatic rings. The van der Waals surface area contributed by atoms with Crippen molar-refractivity contribution in [2.75, 3.05) is 0 Å². The van der Waals surface area contributed by atoms with Gasteiger partial charge in [0.05, 0.1) is 11.0 Å². The van der Waals surface area contributed by atoms with Crippen LogP contribution >= 0.6 is 0 Å². The lowest BCUT2D eigenvalue weighted by molar-refractivity contribution is -0.149. The summed E-state index contributed by atoms with van der Waals surface area (Å²) in [5.74, 6) is -3.53. The Labute approximate surface area is 320 Å². The van der Waals surface area contributed by atoms with Crippen molar-refractivity contribution in [3.63, 3.8) is 0 Å². The van der Waals surface area contributed by atoms with Gasteiger partial charge < -0.3 is 24.4 Å². The Morgan fingerprint density at radius 3 is 2.04 bits per heavy atom. The van der Waals surface area contributed by atoms with Crippen LogP contribution in [-0.2, 0) is 25.5 Å². The molecule has 0 aromatic heterocycles. The van der Waals surface area contributed by atoms with Gasteiger partial charge in [0.1, 0.15) is 22.8 Å². The molecular weight excluding hydrogens is 729 g/mol. The molecule has 7 rings (SSSR count). The second kappa shape index (κ2) is 15.4. The number of carbonyl (C=O) groups excluding carboxylic acids is 2. The van der Waals surface area contributed by atoms with Crippen molar-refractivity contribution in [2.24, 2.45) is 0 Å². The van der Waals surface area contributed by atoms with E-state index in [9.17, 15) is 18.0 Å². The molecule has 2 aliphatic heterocycles. The SMILES string of the molecule is CC(C)(C)OC(=O)NC1CC2CCC(C1)N2C(=O)C(NS(=O)(=O)c1ccc2cc(OC3CCCC3)ccc2c1)C(F)(F)c1ccc(Oc2ccccc2)cc1. The number of ether oxygens (including phenoxy) is 3. The summed E-state index contributed by atoms with van der Waals surface area (Å²) in [7, 11) is -4.67. The third-order valence-corrected chi connectivity index (χ3v) is 11.9. The molecule has 13 heteroatoms. The van der Waals surface area contributed by atoms with Gasteiger partial charge in [0.25, 0.3) is 5.92 Å². The minimum Gasteiger partial charge on any atom is -0.490 e. The summed E-state index contributed by atoms with van der Waals surface area (Å²) in [4.78, 5) is 28.2. The first-order chi connectivity index (χ1) is 26.1. The topological polar surface area (TPSA) is 123 Å². The number of nitrogens with one attached hydrogen (secondary N) is 2. The number of fused-ring (bicyclic) bond motifs is 3. The van der Waals surface area contributed by atoms with Gasteiger partial charge in [-0.1, -0.05) is 30.3 Å². The molecule has 2 amide bonds. The van der Waals surface area contributed by atoms with Crippen molar-refractivity contribution in [2.45, 2.75) is 119 Å². The van der Waals surface area contributed by atoms with Crippen LogP contribution in [0.4, 0.5) is 13.6 Å². The van der Waals surface area contributed by atoms with E-state index in [4.69, 9.17) is 14.2 Å². The fourth-order valence-corrected chi connectivity index (χ4v) is 9.18. The summed E-state index contributed by atoms with van der Waals surface area (Å²) >= 11 is 0. The maximum Gasteiger partial charge on any atom is 0.407 e. The van der Waals surface area contributed by atoms with Crippen LogP contribution in [0.15, 0.2) is 95.9 Å². The van der Waals surface area contributed by atoms with Gasteiger partial charge in [-0.15, -0.1) is 0 Å². The Bertz CT molecular complexity index is 2110. The summed E-state index contributed by atoms with van der Waals surface area (Å²) in [6.45, 7) is 5.26. The highest BCUT2D eigenvalue weighted by molar-refractivity contribution is 7.89. The van der Waals surface area contributed by atoms with Crippen LogP contribution in [0.3, 0.4) is 0 Å². The van der Waals surface area contributed by atoms with E-state index in [1.807, 2.05) is 12.1 Å². The highest BCUT2D eigenvalue weighted by atomic mass is 32.2. The molecule has 3 unspecified atom stereocenters. The molecule has 55 heavy (non-hydrogen) atoms. The first kappa shape index (κ1) is 38.5. The number of carbonyl (C=O) groups is 2. The Morgan fingerprint density at radius 1 is 0.782 bits per heavy atom. The van der Waals surface area contributed by atoms with Crippen molar-refractivity contribution >= 4 is 32.8 Å². The molecule has 292 valence electrons. The summed E-state index contributed by atoms with van der Waals surface area (Å²) in [5.41, 5.74) is -1.27. The Balaban J connectivity index is 1.16. The predicted molar refractivity (Wildman–Crippen MR) is 204 cm³/mol. The predicted octanol–water partition coefficient (Wildman–Crippen LogP) is 8.44. The Hall–Kier alpha value is -4.75. The lowest BCUT2D eigenvalue weighted by Gasteiger charge is -2.42. The van der Waals surface area contributed by atoms with Gasteiger partial charge in [-0.25, -0.2) is 13.2 Å². The molecule has 3 fully saturated rings. The molecule has 0 radical (unpaired) electrons. The van der Waals surface area contributed by atoms with Gasteiger partial charge in [-0.3, -0.25) is 4.79 Å². The van der Waals surface area contributed by atoms with Crippen LogP contribution in [0.1, 0.15) is 77.7 Å². The van der Waals surface area contributed by atoms with E-state index in [1.165, 1.54) is 29.2 Å². The van der Waals surface area contributed by atoms with Crippen molar-refractivity contribution in [1.29, 1.82) is 0 Å². The molecular formula is C42H47F2N3O7S. The monoisotopic (exact) mass is 775 g/mol. The summed E-state index contributed by atoms with van der Waals surface area (Å²) in [6, 6.07) is 19.7. The maximum absolute atomic E-state index is 16.9. The first-order valence-electron chi connectivity index (χ1n) is 18.9. The summed E-state index contributed by atoms with van der Waals surface area (Å²) in [5, 5.41) is 4.16. The zero-order valence-electron chi connectivity index (χ0n) is 31.2. The summed E-state index contributed by atoms with van der Waals surface area (Å²) in [6.07, 6.45) is 5.44. The number of hydrogen-bond acceptors (Lipinski definition) is 7. The molecule has 2 saturated heterocycles. The van der Waals surface area contributed by atoms with Crippen LogP contribution in [0, 0.1) is 0 Å². The first-order valence-corrected chi connectivity index (χ1v) is 20.4. The molecule has 1 saturated carbocycles. The number of hydrogen-bond donors (Lipinski definition) is 2. The van der Waals surface area contributed by atoms with Gasteiger partial charge in [-0.2, -0.15) is 13.5 Å². The Morgan fingerprint density at radius 2 is 1.38 bits per heavy atom. The van der Waals surface area contributed by atoms with Crippen LogP contribution in [0.2, 0.25) is 0 Å². The van der Waals surface area contributed by atoms with E-state index in [0.717, 1.165) is 43.2 Å². The highest BCUT2D eigenvalue weighted by Gasteiger charge is 2.54. The summed E-state index contributed by atoms with van der Waals surface area (Å²) < 4.78 is 81.3. The zero-order chi connectivity index (χ0) is 39.0. The number of benzene rings is 4. The smallest absolute Gasteiger partial charge is 0.407 e. The Kier molecular flexibility index (Phi) is 10.8. The second-order valence-corrected chi connectivity index (χ2v) is 17.5. The number of halogens is 2. The molecule has 0 spiro atoms. The number of piperidine rings is 1. The van der Waals surface area contributed by atoms with Crippen molar-refractivity contribution in [1.82, 2.24) is 14.9 Å². The normalized spacial score (nSPS) is 21.0. The average molecular weight is 776 g/mol. The van der Waals surface area contributed by atoms with E-state index in [-0.39, 0.29) is 17.0 Å². The van der Waals surface area contributed by atoms with Gasteiger partial charge in [0.2, 0.25) is 15.9 Å². The number of para-hydroxylation sites is 1. The van der Waals surface area contributed by atoms with E-state index in [2.05, 4.69) is 10.0 Å². The minimum atomic E-state index is -4.67. The van der Waals surface area contributed by atoms with E-state index < -0.39 is 57.2 Å². The minimum absolute atomic E-state index is 0.146. The number of sulfonamides is 1. The third kappa shape index (κ3) is 8.88. The van der Waals surface area contributed by atoms with Crippen LogP contribution in [0.5, 0.6) is 17.2 Å². The number of rotatable bonds is 11. The number of alkyl carbamates (subject to hydrolysis) is 1. The van der Waals surface area contributed by atoms with Crippen LogP contribution in [-0.4, -0.2) is 61.2 Å². The van der Waals surface area contributed by atoms with E-state index in [1.54, 1.807) is 63.2 Å². The molecule has 4 aromatic carbocycles. The molecule has 2 bridgehead atoms. The van der Waals surface area contributed by atoms with Crippen LogP contribution in [0.25, 0.3) is 10.8 Å². The van der Waals surface area contributed by atoms with Gasteiger partial charge >= 0.3 is 6.09 Å². The third-order valence-electron chi connectivity index (χ3n) is 10.5. The van der Waals surface area contributed by atoms with Gasteiger partial charge in [0, 0.05) is 23.7 Å². The zero-order valence-corrected chi connectivity index (χ0v) is 32.0. The van der Waals surface area contributed by atoms with Gasteiger partial charge in [0.15, 0.2) is 6.04 Å². The van der Waals surface area contributed by atoms with E-state index in [0.29, 0.717) is 48.3 Å². The molecule has 1 aliphatic carbocycles. The van der Waals surface area contributed by atoms with Crippen LogP contribution < -0.4 is 19.5 Å². The fourth-order valence-electron chi connectivity index (χ4n) is 7.96. The molecule has 3 atom stereocenters. The lowest BCUT2D eigenvalue weighted by atomic mass is 9.94. The van der Waals surface area contributed by atoms with Crippen molar-refractivity contribution in [3.8, 4) is 17.2 Å². The fraction of sp³-hybridized carbons (Fsp3) is 0.429. The van der Waals surface area contributed by atoms with Gasteiger partial charge in [-0.05, 0) is 144 Å².